The van der Waals surface area contributed by atoms with Gasteiger partial charge in [-0.2, -0.15) is 0 Å². The minimum Gasteiger partial charge on any atom is -0.352 e. The Morgan fingerprint density at radius 2 is 2.06 bits per heavy atom. The number of carbonyl (C=O) groups is 2. The average Bonchev–Trinajstić information content (AvgIpc) is 3.11. The number of hydrogen-bond acceptors (Lipinski definition) is 2. The number of nitrogens with one attached hydrogen (secondary N) is 1. The highest BCUT2D eigenvalue weighted by Gasteiger charge is 2.27. The van der Waals surface area contributed by atoms with Crippen LogP contribution in [0.4, 0.5) is 4.79 Å². The van der Waals surface area contributed by atoms with Crippen LogP contribution in [0.1, 0.15) is 32.6 Å². The fraction of sp³-hybridized carbons (Fsp3) is 0.846. The lowest BCUT2D eigenvalue weighted by atomic mass is 10.0. The third-order valence-corrected chi connectivity index (χ3v) is 3.58. The van der Waals surface area contributed by atoms with Gasteiger partial charge in [0.05, 0.1) is 0 Å². The summed E-state index contributed by atoms with van der Waals surface area (Å²) < 4.78 is 0. The van der Waals surface area contributed by atoms with Crippen LogP contribution in [0.2, 0.25) is 0 Å². The lowest BCUT2D eigenvalue weighted by Gasteiger charge is -2.33. The van der Waals surface area contributed by atoms with E-state index in [0.717, 1.165) is 32.4 Å². The van der Waals surface area contributed by atoms with Crippen molar-refractivity contribution < 1.29 is 9.59 Å². The molecule has 1 heterocycles. The summed E-state index contributed by atoms with van der Waals surface area (Å²) in [5.74, 6) is 0.523. The second-order valence-corrected chi connectivity index (χ2v) is 5.67. The first-order valence-electron chi connectivity index (χ1n) is 6.85. The smallest absolute Gasteiger partial charge is 0.320 e. The van der Waals surface area contributed by atoms with Gasteiger partial charge in [0.1, 0.15) is 6.54 Å². The van der Waals surface area contributed by atoms with E-state index in [0.29, 0.717) is 12.0 Å². The molecule has 1 aliphatic carbocycles. The molecule has 2 rings (SSSR count). The minimum absolute atomic E-state index is 0.0208. The molecule has 1 N–H and O–H groups in total. The summed E-state index contributed by atoms with van der Waals surface area (Å²) in [6.07, 6.45) is 4.41. The standard InChI is InChI=1S/C13H23N3O2/c1-10-4-3-7-16(8-10)13(18)15(2)9-12(17)14-11-5-6-11/h10-11H,3-9H2,1-2H3,(H,14,17). The van der Waals surface area contributed by atoms with Gasteiger partial charge in [0.15, 0.2) is 0 Å². The van der Waals surface area contributed by atoms with Gasteiger partial charge in [0.25, 0.3) is 0 Å². The molecular formula is C13H23N3O2. The van der Waals surface area contributed by atoms with Crippen molar-refractivity contribution >= 4 is 11.9 Å². The fourth-order valence-electron chi connectivity index (χ4n) is 2.39. The molecule has 1 atom stereocenters. The van der Waals surface area contributed by atoms with Crippen LogP contribution in [0.25, 0.3) is 0 Å². The second-order valence-electron chi connectivity index (χ2n) is 5.67. The van der Waals surface area contributed by atoms with E-state index in [1.54, 1.807) is 7.05 Å². The third-order valence-electron chi connectivity index (χ3n) is 3.58. The molecule has 2 aliphatic rings. The Kier molecular flexibility index (Phi) is 4.09. The van der Waals surface area contributed by atoms with Gasteiger partial charge >= 0.3 is 6.03 Å². The zero-order valence-electron chi connectivity index (χ0n) is 11.3. The van der Waals surface area contributed by atoms with Crippen molar-refractivity contribution in [2.45, 2.75) is 38.6 Å². The number of urea groups is 1. The van der Waals surface area contributed by atoms with Gasteiger partial charge in [0.2, 0.25) is 5.91 Å². The minimum atomic E-state index is -0.0431. The Balaban J connectivity index is 1.77. The van der Waals surface area contributed by atoms with Crippen LogP contribution >= 0.6 is 0 Å². The Morgan fingerprint density at radius 1 is 1.33 bits per heavy atom. The van der Waals surface area contributed by atoms with Crippen molar-refractivity contribution in [2.75, 3.05) is 26.7 Å². The van der Waals surface area contributed by atoms with Crippen LogP contribution in [0.5, 0.6) is 0 Å². The Labute approximate surface area is 108 Å². The molecule has 0 aromatic carbocycles. The Morgan fingerprint density at radius 3 is 2.67 bits per heavy atom. The maximum Gasteiger partial charge on any atom is 0.320 e. The number of hydrogen-bond donors (Lipinski definition) is 1. The van der Waals surface area contributed by atoms with Crippen LogP contribution in [-0.4, -0.2) is 54.5 Å². The monoisotopic (exact) mass is 253 g/mol. The van der Waals surface area contributed by atoms with E-state index in [-0.39, 0.29) is 18.5 Å². The molecule has 18 heavy (non-hydrogen) atoms. The number of nitrogens with zero attached hydrogens (tertiary/aromatic N) is 2. The number of likely N-dealkylation sites (N-methyl/N-ethyl adjacent to an activating group) is 1. The first-order valence-corrected chi connectivity index (χ1v) is 6.85. The van der Waals surface area contributed by atoms with Crippen LogP contribution in [0.15, 0.2) is 0 Å². The quantitative estimate of drug-likeness (QED) is 0.817. The number of piperidine rings is 1. The summed E-state index contributed by atoms with van der Waals surface area (Å²) in [6.45, 7) is 3.96. The van der Waals surface area contributed by atoms with Crippen LogP contribution in [0.3, 0.4) is 0 Å². The highest BCUT2D eigenvalue weighted by Crippen LogP contribution is 2.19. The predicted molar refractivity (Wildman–Crippen MR) is 69.2 cm³/mol. The molecule has 1 saturated heterocycles. The fourth-order valence-corrected chi connectivity index (χ4v) is 2.39. The normalized spacial score (nSPS) is 23.7. The van der Waals surface area contributed by atoms with Crippen molar-refractivity contribution in [1.82, 2.24) is 15.1 Å². The van der Waals surface area contributed by atoms with Crippen molar-refractivity contribution in [3.05, 3.63) is 0 Å². The predicted octanol–water partition coefficient (Wildman–Crippen LogP) is 1.05. The van der Waals surface area contributed by atoms with Crippen molar-refractivity contribution in [1.29, 1.82) is 0 Å². The van der Waals surface area contributed by atoms with E-state index in [2.05, 4.69) is 12.2 Å². The molecule has 0 radical (unpaired) electrons. The zero-order valence-corrected chi connectivity index (χ0v) is 11.3. The van der Waals surface area contributed by atoms with E-state index in [1.165, 1.54) is 11.3 Å². The molecule has 0 aromatic rings. The largest absolute Gasteiger partial charge is 0.352 e. The van der Waals surface area contributed by atoms with E-state index in [1.807, 2.05) is 4.90 Å². The molecule has 5 heteroatoms. The lowest BCUT2D eigenvalue weighted by molar-refractivity contribution is -0.121. The number of amides is 3. The van der Waals surface area contributed by atoms with Crippen molar-refractivity contribution in [3.63, 3.8) is 0 Å². The van der Waals surface area contributed by atoms with Gasteiger partial charge in [-0.1, -0.05) is 6.92 Å². The third kappa shape index (κ3) is 3.62. The molecule has 5 nitrogen and oxygen atoms in total. The summed E-state index contributed by atoms with van der Waals surface area (Å²) in [5.41, 5.74) is 0. The summed E-state index contributed by atoms with van der Waals surface area (Å²) >= 11 is 0. The number of rotatable bonds is 3. The van der Waals surface area contributed by atoms with E-state index in [9.17, 15) is 9.59 Å². The maximum atomic E-state index is 12.2. The molecule has 0 bridgehead atoms. The van der Waals surface area contributed by atoms with E-state index >= 15 is 0 Å². The highest BCUT2D eigenvalue weighted by molar-refractivity contribution is 5.84. The summed E-state index contributed by atoms with van der Waals surface area (Å²) in [7, 11) is 1.70. The molecule has 1 saturated carbocycles. The van der Waals surface area contributed by atoms with Crippen LogP contribution in [-0.2, 0) is 4.79 Å². The Bertz CT molecular complexity index is 328. The molecule has 0 aromatic heterocycles. The summed E-state index contributed by atoms with van der Waals surface area (Å²) in [5, 5.41) is 2.90. The molecule has 0 spiro atoms. The SMILES string of the molecule is CC1CCCN(C(=O)N(C)CC(=O)NC2CC2)C1. The summed E-state index contributed by atoms with van der Waals surface area (Å²) in [4.78, 5) is 27.2. The van der Waals surface area contributed by atoms with Crippen LogP contribution < -0.4 is 5.32 Å². The molecule has 3 amide bonds. The number of carbonyl (C=O) groups excluding carboxylic acids is 2. The molecular weight excluding hydrogens is 230 g/mol. The van der Waals surface area contributed by atoms with Gasteiger partial charge in [0, 0.05) is 26.2 Å². The zero-order chi connectivity index (χ0) is 13.1. The molecule has 1 aliphatic heterocycles. The van der Waals surface area contributed by atoms with Crippen molar-refractivity contribution in [2.24, 2.45) is 5.92 Å². The first kappa shape index (κ1) is 13.2. The van der Waals surface area contributed by atoms with E-state index < -0.39 is 0 Å². The number of likely N-dealkylation sites (tertiary alicyclic amines) is 1. The van der Waals surface area contributed by atoms with Gasteiger partial charge in [-0.05, 0) is 31.6 Å². The lowest BCUT2D eigenvalue weighted by Crippen LogP contribution is -2.48. The van der Waals surface area contributed by atoms with Gasteiger partial charge < -0.3 is 15.1 Å². The maximum absolute atomic E-state index is 12.2. The Hall–Kier alpha value is -1.26. The molecule has 102 valence electrons. The van der Waals surface area contributed by atoms with Crippen molar-refractivity contribution in [3.8, 4) is 0 Å². The molecule has 2 fully saturated rings. The second kappa shape index (κ2) is 5.59. The average molecular weight is 253 g/mol. The first-order chi connectivity index (χ1) is 8.56. The van der Waals surface area contributed by atoms with Gasteiger partial charge in [-0.3, -0.25) is 4.79 Å². The summed E-state index contributed by atoms with van der Waals surface area (Å²) in [6, 6.07) is 0.337. The molecule has 1 unspecified atom stereocenters. The van der Waals surface area contributed by atoms with Gasteiger partial charge in [-0.15, -0.1) is 0 Å². The highest BCUT2D eigenvalue weighted by atomic mass is 16.2. The topological polar surface area (TPSA) is 52.7 Å². The van der Waals surface area contributed by atoms with Crippen LogP contribution in [0, 0.1) is 5.92 Å². The van der Waals surface area contributed by atoms with Gasteiger partial charge in [-0.25, -0.2) is 4.79 Å². The van der Waals surface area contributed by atoms with E-state index in [4.69, 9.17) is 0 Å².